The summed E-state index contributed by atoms with van der Waals surface area (Å²) in [7, 11) is 0. The first-order valence-corrected chi connectivity index (χ1v) is 8.90. The number of amides is 1. The number of likely N-dealkylation sites (tertiary alicyclic amines) is 1. The molecule has 0 spiro atoms. The molecule has 6 heteroatoms. The van der Waals surface area contributed by atoms with Crippen molar-refractivity contribution in [2.24, 2.45) is 5.73 Å². The van der Waals surface area contributed by atoms with E-state index in [4.69, 9.17) is 5.73 Å². The number of halogens is 1. The van der Waals surface area contributed by atoms with Crippen LogP contribution in [0, 0.1) is 0 Å². The molecule has 0 aromatic carbocycles. The molecule has 3 rings (SSSR count). The lowest BCUT2D eigenvalue weighted by Crippen LogP contribution is -2.48. The highest BCUT2D eigenvalue weighted by Crippen LogP contribution is 2.35. The number of fused-ring (bicyclic) bond motifs is 1. The van der Waals surface area contributed by atoms with Gasteiger partial charge in [0.25, 0.3) is 0 Å². The number of hydrogen-bond donors (Lipinski definition) is 1. The zero-order valence-electron chi connectivity index (χ0n) is 13.2. The minimum absolute atomic E-state index is 0. The van der Waals surface area contributed by atoms with Crippen molar-refractivity contribution in [3.05, 3.63) is 21.9 Å². The number of carbonyl (C=O) groups excluding carboxylic acids is 1. The number of nitrogens with two attached hydrogens (primary N) is 1. The lowest BCUT2D eigenvalue weighted by molar-refractivity contribution is -0.135. The van der Waals surface area contributed by atoms with Crippen molar-refractivity contribution in [2.45, 2.75) is 44.7 Å². The van der Waals surface area contributed by atoms with E-state index in [1.807, 2.05) is 11.3 Å². The van der Waals surface area contributed by atoms with Crippen LogP contribution in [0.2, 0.25) is 0 Å². The van der Waals surface area contributed by atoms with Crippen molar-refractivity contribution < 1.29 is 4.79 Å². The fraction of sp³-hybridized carbons (Fsp3) is 0.688. The highest BCUT2D eigenvalue weighted by molar-refractivity contribution is 7.10. The van der Waals surface area contributed by atoms with Crippen LogP contribution in [0.3, 0.4) is 0 Å². The lowest BCUT2D eigenvalue weighted by atomic mass is 9.97. The van der Waals surface area contributed by atoms with Crippen LogP contribution in [0.5, 0.6) is 0 Å². The van der Waals surface area contributed by atoms with Crippen LogP contribution in [0.4, 0.5) is 0 Å². The van der Waals surface area contributed by atoms with E-state index in [1.54, 1.807) is 0 Å². The Morgan fingerprint density at radius 1 is 1.36 bits per heavy atom. The van der Waals surface area contributed by atoms with Gasteiger partial charge in [0.1, 0.15) is 0 Å². The van der Waals surface area contributed by atoms with Crippen LogP contribution in [0.15, 0.2) is 11.4 Å². The minimum atomic E-state index is 0. The summed E-state index contributed by atoms with van der Waals surface area (Å²) in [5.74, 6) is 0.286. The number of piperidine rings is 1. The average Bonchev–Trinajstić information content (AvgIpc) is 2.97. The molecule has 1 aromatic heterocycles. The van der Waals surface area contributed by atoms with Crippen molar-refractivity contribution in [1.29, 1.82) is 0 Å². The summed E-state index contributed by atoms with van der Waals surface area (Å²) in [4.78, 5) is 18.5. The van der Waals surface area contributed by atoms with E-state index < -0.39 is 0 Å². The maximum Gasteiger partial charge on any atom is 0.237 e. The van der Waals surface area contributed by atoms with Crippen LogP contribution in [0.25, 0.3) is 0 Å². The molecule has 0 saturated carbocycles. The second-order valence-electron chi connectivity index (χ2n) is 6.17. The molecule has 3 heterocycles. The van der Waals surface area contributed by atoms with Crippen molar-refractivity contribution in [1.82, 2.24) is 9.80 Å². The Bertz CT molecular complexity index is 499. The Labute approximate surface area is 143 Å². The Morgan fingerprint density at radius 3 is 2.77 bits per heavy atom. The maximum atomic E-state index is 12.7. The number of rotatable bonds is 3. The van der Waals surface area contributed by atoms with Crippen molar-refractivity contribution in [3.63, 3.8) is 0 Å². The van der Waals surface area contributed by atoms with Gasteiger partial charge in [-0.1, -0.05) is 6.92 Å². The van der Waals surface area contributed by atoms with Gasteiger partial charge in [-0.05, 0) is 42.7 Å². The lowest BCUT2D eigenvalue weighted by Gasteiger charge is -2.38. The third kappa shape index (κ3) is 3.65. The van der Waals surface area contributed by atoms with Crippen molar-refractivity contribution in [2.75, 3.05) is 26.2 Å². The first kappa shape index (κ1) is 17.7. The van der Waals surface area contributed by atoms with Gasteiger partial charge in [-0.25, -0.2) is 0 Å². The fourth-order valence-corrected chi connectivity index (χ4v) is 4.46. The molecule has 1 atom stereocenters. The van der Waals surface area contributed by atoms with Gasteiger partial charge in [0, 0.05) is 30.6 Å². The predicted molar refractivity (Wildman–Crippen MR) is 93.7 cm³/mol. The second kappa shape index (κ2) is 7.77. The van der Waals surface area contributed by atoms with Gasteiger partial charge in [-0.15, -0.1) is 23.7 Å². The molecular formula is C16H26ClN3OS. The van der Waals surface area contributed by atoms with Crippen LogP contribution in [0.1, 0.15) is 42.7 Å². The summed E-state index contributed by atoms with van der Waals surface area (Å²) in [6, 6.07) is 2.80. The highest BCUT2D eigenvalue weighted by Gasteiger charge is 2.31. The van der Waals surface area contributed by atoms with E-state index in [1.165, 1.54) is 10.4 Å². The van der Waals surface area contributed by atoms with Gasteiger partial charge in [-0.2, -0.15) is 0 Å². The van der Waals surface area contributed by atoms with Crippen LogP contribution in [-0.4, -0.2) is 47.9 Å². The molecule has 2 aliphatic rings. The zero-order chi connectivity index (χ0) is 14.8. The molecule has 0 bridgehead atoms. The zero-order valence-corrected chi connectivity index (χ0v) is 14.8. The molecule has 1 unspecified atom stereocenters. The number of carbonyl (C=O) groups is 1. The molecule has 0 radical (unpaired) electrons. The molecule has 1 fully saturated rings. The summed E-state index contributed by atoms with van der Waals surface area (Å²) in [5.41, 5.74) is 7.31. The van der Waals surface area contributed by atoms with E-state index in [0.717, 1.165) is 45.3 Å². The topological polar surface area (TPSA) is 49.6 Å². The Kier molecular flexibility index (Phi) is 6.26. The number of thiophene rings is 1. The molecule has 1 aromatic rings. The molecule has 22 heavy (non-hydrogen) atoms. The monoisotopic (exact) mass is 343 g/mol. The van der Waals surface area contributed by atoms with E-state index in [2.05, 4.69) is 28.2 Å². The third-order valence-electron chi connectivity index (χ3n) is 4.79. The third-order valence-corrected chi connectivity index (χ3v) is 5.79. The fourth-order valence-electron chi connectivity index (χ4n) is 3.53. The van der Waals surface area contributed by atoms with Crippen molar-refractivity contribution in [3.8, 4) is 0 Å². The number of hydrogen-bond acceptors (Lipinski definition) is 4. The number of nitrogens with zero attached hydrogens (tertiary/aromatic N) is 2. The molecule has 2 N–H and O–H groups in total. The van der Waals surface area contributed by atoms with Gasteiger partial charge >= 0.3 is 0 Å². The first-order valence-electron chi connectivity index (χ1n) is 8.02. The summed E-state index contributed by atoms with van der Waals surface area (Å²) in [6.45, 7) is 5.53. The first-order chi connectivity index (χ1) is 10.2. The van der Waals surface area contributed by atoms with Gasteiger partial charge in [0.05, 0.1) is 12.6 Å². The Morgan fingerprint density at radius 2 is 2.09 bits per heavy atom. The molecule has 1 saturated heterocycles. The molecule has 4 nitrogen and oxygen atoms in total. The summed E-state index contributed by atoms with van der Waals surface area (Å²) < 4.78 is 0. The Balaban J connectivity index is 0.00000176. The van der Waals surface area contributed by atoms with Gasteiger partial charge in [0.2, 0.25) is 5.91 Å². The van der Waals surface area contributed by atoms with E-state index >= 15 is 0 Å². The summed E-state index contributed by atoms with van der Waals surface area (Å²) >= 11 is 1.83. The summed E-state index contributed by atoms with van der Waals surface area (Å²) in [5, 5.41) is 2.16. The van der Waals surface area contributed by atoms with Gasteiger partial charge < -0.3 is 10.6 Å². The smallest absolute Gasteiger partial charge is 0.237 e. The van der Waals surface area contributed by atoms with E-state index in [-0.39, 0.29) is 24.4 Å². The predicted octanol–water partition coefficient (Wildman–Crippen LogP) is 2.43. The van der Waals surface area contributed by atoms with Gasteiger partial charge in [-0.3, -0.25) is 9.69 Å². The molecule has 1 amide bonds. The molecule has 124 valence electrons. The van der Waals surface area contributed by atoms with Crippen LogP contribution >= 0.6 is 23.7 Å². The largest absolute Gasteiger partial charge is 0.334 e. The molecule has 0 aliphatic carbocycles. The quantitative estimate of drug-likeness (QED) is 0.917. The molecular weight excluding hydrogens is 318 g/mol. The average molecular weight is 344 g/mol. The Hall–Kier alpha value is -0.620. The van der Waals surface area contributed by atoms with E-state index in [9.17, 15) is 4.79 Å². The second-order valence-corrected chi connectivity index (χ2v) is 7.17. The maximum absolute atomic E-state index is 12.7. The highest BCUT2D eigenvalue weighted by atomic mass is 35.5. The van der Waals surface area contributed by atoms with Crippen LogP contribution in [-0.2, 0) is 11.2 Å². The molecule has 2 aliphatic heterocycles. The standard InChI is InChI=1S/C16H25N3OS.ClH/c1-2-14-13-6-10-21-15(13)5-9-19(14)16(20)11-18-7-3-12(17)4-8-18;/h6,10,12,14H,2-5,7-9,11,17H2,1H3;1H. The van der Waals surface area contributed by atoms with E-state index in [0.29, 0.717) is 12.6 Å². The SMILES string of the molecule is CCC1c2ccsc2CCN1C(=O)CN1CCC(N)CC1.Cl. The minimum Gasteiger partial charge on any atom is -0.334 e. The normalized spacial score (nSPS) is 23.0. The van der Waals surface area contributed by atoms with Crippen molar-refractivity contribution >= 4 is 29.7 Å². The van der Waals surface area contributed by atoms with Gasteiger partial charge in [0.15, 0.2) is 0 Å². The van der Waals surface area contributed by atoms with Crippen LogP contribution < -0.4 is 5.73 Å². The summed E-state index contributed by atoms with van der Waals surface area (Å²) in [6.07, 6.45) is 4.04.